The third-order valence-corrected chi connectivity index (χ3v) is 6.67. The number of anilines is 1. The number of oxazole rings is 1. The van der Waals surface area contributed by atoms with Crippen molar-refractivity contribution < 1.29 is 26.4 Å². The average molecular weight is 493 g/mol. The molecule has 7 nitrogen and oxygen atoms in total. The molecule has 5 rings (SSSR count). The van der Waals surface area contributed by atoms with Gasteiger partial charge in [0.15, 0.2) is 0 Å². The molecule has 0 fully saturated rings. The Kier molecular flexibility index (Phi) is 5.65. The number of rotatable bonds is 6. The lowest BCUT2D eigenvalue weighted by Gasteiger charge is -2.13. The molecule has 0 atom stereocenters. The molecule has 10 heteroatoms. The minimum atomic E-state index is -3.92. The Hall–Kier alpha value is -4.31. The highest BCUT2D eigenvalue weighted by atomic mass is 32.2. The van der Waals surface area contributed by atoms with Crippen molar-refractivity contribution in [2.24, 2.45) is 0 Å². The van der Waals surface area contributed by atoms with E-state index in [0.717, 1.165) is 6.07 Å². The zero-order chi connectivity index (χ0) is 24.6. The van der Waals surface area contributed by atoms with Crippen LogP contribution in [0.15, 0.2) is 88.6 Å². The summed E-state index contributed by atoms with van der Waals surface area (Å²) in [5.74, 6) is -0.918. The Morgan fingerprint density at radius 1 is 0.886 bits per heavy atom. The summed E-state index contributed by atoms with van der Waals surface area (Å²) < 4.78 is 65.6. The van der Waals surface area contributed by atoms with Crippen LogP contribution in [-0.2, 0) is 10.0 Å². The maximum atomic E-state index is 13.7. The topological polar surface area (TPSA) is 94.3 Å². The van der Waals surface area contributed by atoms with Gasteiger partial charge in [-0.15, -0.1) is 0 Å². The van der Waals surface area contributed by atoms with E-state index in [1.807, 2.05) is 0 Å². The van der Waals surface area contributed by atoms with Crippen molar-refractivity contribution >= 4 is 26.8 Å². The number of nitrogens with one attached hydrogen (secondary N) is 1. The number of aromatic nitrogens is 2. The number of methoxy groups -OCH3 is 1. The number of sulfonamides is 1. The fourth-order valence-electron chi connectivity index (χ4n) is 3.77. The van der Waals surface area contributed by atoms with Gasteiger partial charge in [0.25, 0.3) is 10.0 Å². The van der Waals surface area contributed by atoms with E-state index in [2.05, 4.69) is 14.7 Å². The van der Waals surface area contributed by atoms with E-state index in [1.165, 1.54) is 43.8 Å². The van der Waals surface area contributed by atoms with E-state index >= 15 is 0 Å². The molecule has 0 aliphatic rings. The third kappa shape index (κ3) is 4.43. The Morgan fingerprint density at radius 2 is 1.69 bits per heavy atom. The highest BCUT2D eigenvalue weighted by Crippen LogP contribution is 2.37. The Morgan fingerprint density at radius 3 is 2.40 bits per heavy atom. The van der Waals surface area contributed by atoms with E-state index in [-0.39, 0.29) is 10.9 Å². The fourth-order valence-corrected chi connectivity index (χ4v) is 4.75. The largest absolute Gasteiger partial charge is 0.496 e. The van der Waals surface area contributed by atoms with E-state index in [9.17, 15) is 17.2 Å². The van der Waals surface area contributed by atoms with Gasteiger partial charge in [-0.3, -0.25) is 4.98 Å². The predicted molar refractivity (Wildman–Crippen MR) is 126 cm³/mol. The molecule has 0 spiro atoms. The first kappa shape index (κ1) is 22.5. The molecule has 0 radical (unpaired) electrons. The van der Waals surface area contributed by atoms with Crippen molar-refractivity contribution in [3.63, 3.8) is 0 Å². The van der Waals surface area contributed by atoms with Gasteiger partial charge in [-0.2, -0.15) is 0 Å². The number of nitrogens with zero attached hydrogens (tertiary/aromatic N) is 2. The molecule has 0 aliphatic carbocycles. The summed E-state index contributed by atoms with van der Waals surface area (Å²) in [7, 11) is -2.44. The number of hydrogen-bond acceptors (Lipinski definition) is 6. The second-order valence-corrected chi connectivity index (χ2v) is 9.24. The number of halogens is 2. The SMILES string of the molecule is COc1cc(-c2cc(F)cc(F)c2)ccc1-c1nccc2cc(S(=O)(=O)Nc3ncco3)ccc12. The van der Waals surface area contributed by atoms with Crippen LogP contribution in [0.1, 0.15) is 0 Å². The molecule has 3 aromatic carbocycles. The molecule has 1 N–H and O–H groups in total. The van der Waals surface area contributed by atoms with Crippen molar-refractivity contribution in [3.05, 3.63) is 91.0 Å². The first-order chi connectivity index (χ1) is 16.8. The predicted octanol–water partition coefficient (Wildman–Crippen LogP) is 5.64. The Bertz CT molecular complexity index is 1640. The van der Waals surface area contributed by atoms with Crippen molar-refractivity contribution in [3.8, 4) is 28.1 Å². The van der Waals surface area contributed by atoms with E-state index in [4.69, 9.17) is 9.15 Å². The Labute approximate surface area is 199 Å². The fraction of sp³-hybridized carbons (Fsp3) is 0.0400. The number of pyridine rings is 1. The first-order valence-corrected chi connectivity index (χ1v) is 11.8. The summed E-state index contributed by atoms with van der Waals surface area (Å²) in [6.07, 6.45) is 4.16. The second-order valence-electron chi connectivity index (χ2n) is 7.56. The van der Waals surface area contributed by atoms with E-state index in [0.29, 0.717) is 38.9 Å². The monoisotopic (exact) mass is 493 g/mol. The minimum Gasteiger partial charge on any atom is -0.496 e. The van der Waals surface area contributed by atoms with Crippen molar-refractivity contribution in [1.29, 1.82) is 0 Å². The van der Waals surface area contributed by atoms with Crippen LogP contribution in [0.3, 0.4) is 0 Å². The summed E-state index contributed by atoms with van der Waals surface area (Å²) in [6.45, 7) is 0. The molecule has 0 aliphatic heterocycles. The summed E-state index contributed by atoms with van der Waals surface area (Å²) >= 11 is 0. The van der Waals surface area contributed by atoms with E-state index in [1.54, 1.807) is 36.5 Å². The molecule has 0 unspecified atom stereocenters. The molecule has 0 saturated carbocycles. The van der Waals surface area contributed by atoms with Crippen LogP contribution in [-0.4, -0.2) is 25.5 Å². The van der Waals surface area contributed by atoms with Gasteiger partial charge in [-0.25, -0.2) is 26.9 Å². The normalized spacial score (nSPS) is 11.5. The van der Waals surface area contributed by atoms with Gasteiger partial charge in [0.2, 0.25) is 0 Å². The number of benzene rings is 3. The summed E-state index contributed by atoms with van der Waals surface area (Å²) in [5, 5.41) is 1.31. The minimum absolute atomic E-state index is 0.0239. The molecule has 0 amide bonds. The van der Waals surface area contributed by atoms with Gasteiger partial charge >= 0.3 is 6.01 Å². The van der Waals surface area contributed by atoms with Crippen molar-refractivity contribution in [2.75, 3.05) is 11.8 Å². The van der Waals surface area contributed by atoms with Gasteiger partial charge < -0.3 is 9.15 Å². The summed E-state index contributed by atoms with van der Waals surface area (Å²) in [5.41, 5.74) is 2.12. The lowest BCUT2D eigenvalue weighted by atomic mass is 9.99. The number of fused-ring (bicyclic) bond motifs is 1. The Balaban J connectivity index is 1.57. The molecule has 5 aromatic rings. The van der Waals surface area contributed by atoms with Gasteiger partial charge in [0.1, 0.15) is 23.6 Å². The number of hydrogen-bond donors (Lipinski definition) is 1. The van der Waals surface area contributed by atoms with E-state index < -0.39 is 21.7 Å². The summed E-state index contributed by atoms with van der Waals surface area (Å²) in [4.78, 5) is 8.28. The molecule has 35 heavy (non-hydrogen) atoms. The van der Waals surface area contributed by atoms with Crippen LogP contribution in [0.2, 0.25) is 0 Å². The smallest absolute Gasteiger partial charge is 0.308 e. The number of ether oxygens (including phenoxy) is 1. The average Bonchev–Trinajstić information content (AvgIpc) is 3.34. The molecule has 176 valence electrons. The maximum Gasteiger partial charge on any atom is 0.308 e. The van der Waals surface area contributed by atoms with Crippen LogP contribution < -0.4 is 9.46 Å². The molecule has 0 saturated heterocycles. The summed E-state index contributed by atoms with van der Waals surface area (Å²) in [6, 6.07) is 14.6. The lowest BCUT2D eigenvalue weighted by molar-refractivity contribution is 0.416. The van der Waals surface area contributed by atoms with Crippen LogP contribution in [0.25, 0.3) is 33.2 Å². The first-order valence-electron chi connectivity index (χ1n) is 10.3. The van der Waals surface area contributed by atoms with Gasteiger partial charge in [-0.1, -0.05) is 12.1 Å². The van der Waals surface area contributed by atoms with Crippen LogP contribution in [0.4, 0.5) is 14.8 Å². The highest BCUT2D eigenvalue weighted by molar-refractivity contribution is 7.92. The maximum absolute atomic E-state index is 13.7. The molecular formula is C25H17F2N3O4S. The van der Waals surface area contributed by atoms with Gasteiger partial charge in [0, 0.05) is 23.2 Å². The lowest BCUT2D eigenvalue weighted by Crippen LogP contribution is -2.13. The molecule has 2 heterocycles. The zero-order valence-corrected chi connectivity index (χ0v) is 19.0. The van der Waals surface area contributed by atoms with Gasteiger partial charge in [-0.05, 0) is 59.0 Å². The molecular weight excluding hydrogens is 476 g/mol. The van der Waals surface area contributed by atoms with Crippen LogP contribution >= 0.6 is 0 Å². The highest BCUT2D eigenvalue weighted by Gasteiger charge is 2.19. The second kappa shape index (κ2) is 8.80. The van der Waals surface area contributed by atoms with Crippen molar-refractivity contribution in [2.45, 2.75) is 4.90 Å². The molecule has 0 bridgehead atoms. The third-order valence-electron chi connectivity index (χ3n) is 5.35. The molecule has 2 aromatic heterocycles. The van der Waals surface area contributed by atoms with Crippen LogP contribution in [0.5, 0.6) is 5.75 Å². The van der Waals surface area contributed by atoms with Gasteiger partial charge in [0.05, 0.1) is 23.9 Å². The standard InChI is InChI=1S/C25H17F2N3O4S/c1-33-23-13-15(17-10-18(26)14-19(27)11-17)2-4-22(23)24-21-5-3-20(12-16(21)6-7-28-24)35(31,32)30-25-29-8-9-34-25/h2-14H,1H3,(H,29,30). The van der Waals surface area contributed by atoms with Crippen molar-refractivity contribution in [1.82, 2.24) is 9.97 Å². The zero-order valence-electron chi connectivity index (χ0n) is 18.2. The quantitative estimate of drug-likeness (QED) is 0.329. The van der Waals surface area contributed by atoms with Crippen LogP contribution in [0, 0.1) is 11.6 Å².